The molecule has 78 valence electrons. The van der Waals surface area contributed by atoms with Gasteiger partial charge in [0.15, 0.2) is 0 Å². The van der Waals surface area contributed by atoms with Crippen LogP contribution in [0, 0.1) is 10.8 Å². The van der Waals surface area contributed by atoms with Crippen molar-refractivity contribution in [3.05, 3.63) is 0 Å². The maximum absolute atomic E-state index is 11.4. The molecule has 0 N–H and O–H groups in total. The zero-order valence-electron chi connectivity index (χ0n) is 9.18. The largest absolute Gasteiger partial charge is 0.298 e. The van der Waals surface area contributed by atoms with Gasteiger partial charge in [-0.2, -0.15) is 0 Å². The smallest absolute Gasteiger partial charge is 0.146 e. The Morgan fingerprint density at radius 2 is 1.93 bits per heavy atom. The van der Waals surface area contributed by atoms with E-state index in [-0.39, 0.29) is 6.04 Å². The lowest BCUT2D eigenvalue weighted by atomic mass is 9.58. The number of hydrogen-bond donors (Lipinski definition) is 0. The molecule has 1 unspecified atom stereocenters. The Kier molecular flexibility index (Phi) is 1.53. The SMILES string of the molecule is CC(=O)C1CC2(CN1C)CC1(CC1)C2. The maximum Gasteiger partial charge on any atom is 0.146 e. The standard InChI is InChI=1S/C12H19NO/c1-9(14)10-5-12(8-13(10)2)6-11(7-12)3-4-11/h10H,3-8H2,1-2H3. The first kappa shape index (κ1) is 8.90. The first-order valence-electron chi connectivity index (χ1n) is 5.75. The number of likely N-dealkylation sites (tertiary alicyclic amines) is 1. The average Bonchev–Trinajstić information content (AvgIpc) is 2.69. The van der Waals surface area contributed by atoms with Gasteiger partial charge in [-0.05, 0) is 56.9 Å². The van der Waals surface area contributed by atoms with Crippen LogP contribution in [0.4, 0.5) is 0 Å². The summed E-state index contributed by atoms with van der Waals surface area (Å²) in [6, 6.07) is 0.228. The number of carbonyl (C=O) groups is 1. The van der Waals surface area contributed by atoms with E-state index in [9.17, 15) is 4.79 Å². The highest BCUT2D eigenvalue weighted by Gasteiger charge is 2.63. The second-order valence-corrected chi connectivity index (χ2v) is 6.10. The molecule has 1 heterocycles. The van der Waals surface area contributed by atoms with Gasteiger partial charge >= 0.3 is 0 Å². The molecule has 2 heteroatoms. The van der Waals surface area contributed by atoms with Crippen molar-refractivity contribution in [1.29, 1.82) is 0 Å². The first-order valence-corrected chi connectivity index (χ1v) is 5.75. The van der Waals surface area contributed by atoms with Gasteiger partial charge in [0.05, 0.1) is 6.04 Å². The summed E-state index contributed by atoms with van der Waals surface area (Å²) >= 11 is 0. The van der Waals surface area contributed by atoms with E-state index in [1.165, 1.54) is 32.2 Å². The molecule has 3 aliphatic rings. The summed E-state index contributed by atoms with van der Waals surface area (Å²) in [7, 11) is 2.11. The summed E-state index contributed by atoms with van der Waals surface area (Å²) in [5, 5.41) is 0. The van der Waals surface area contributed by atoms with Gasteiger partial charge in [0, 0.05) is 6.54 Å². The van der Waals surface area contributed by atoms with Crippen molar-refractivity contribution in [3.63, 3.8) is 0 Å². The van der Waals surface area contributed by atoms with Crippen LogP contribution >= 0.6 is 0 Å². The van der Waals surface area contributed by atoms with E-state index >= 15 is 0 Å². The molecule has 3 fully saturated rings. The molecule has 3 rings (SSSR count). The fraction of sp³-hybridized carbons (Fsp3) is 0.917. The molecule has 14 heavy (non-hydrogen) atoms. The summed E-state index contributed by atoms with van der Waals surface area (Å²) in [6.45, 7) is 2.91. The van der Waals surface area contributed by atoms with Crippen LogP contribution in [0.15, 0.2) is 0 Å². The van der Waals surface area contributed by atoms with E-state index in [2.05, 4.69) is 11.9 Å². The quantitative estimate of drug-likeness (QED) is 0.633. The van der Waals surface area contributed by atoms with Crippen LogP contribution in [0.5, 0.6) is 0 Å². The molecule has 2 spiro atoms. The maximum atomic E-state index is 11.4. The Labute approximate surface area is 85.7 Å². The van der Waals surface area contributed by atoms with Gasteiger partial charge in [0.1, 0.15) is 5.78 Å². The monoisotopic (exact) mass is 193 g/mol. The Morgan fingerprint density at radius 1 is 1.29 bits per heavy atom. The van der Waals surface area contributed by atoms with E-state index in [1.807, 2.05) is 0 Å². The predicted molar refractivity (Wildman–Crippen MR) is 55.1 cm³/mol. The number of hydrogen-bond acceptors (Lipinski definition) is 2. The second-order valence-electron chi connectivity index (χ2n) is 6.10. The van der Waals surface area contributed by atoms with Crippen LogP contribution in [-0.4, -0.2) is 30.3 Å². The van der Waals surface area contributed by atoms with Crippen LogP contribution < -0.4 is 0 Å². The lowest BCUT2D eigenvalue weighted by Crippen LogP contribution is -2.40. The Morgan fingerprint density at radius 3 is 2.36 bits per heavy atom. The van der Waals surface area contributed by atoms with Crippen LogP contribution in [0.3, 0.4) is 0 Å². The first-order chi connectivity index (χ1) is 6.54. The van der Waals surface area contributed by atoms with Crippen LogP contribution in [0.1, 0.15) is 39.0 Å². The van der Waals surface area contributed by atoms with Gasteiger partial charge < -0.3 is 0 Å². The molecule has 0 aromatic rings. The topological polar surface area (TPSA) is 20.3 Å². The number of carbonyl (C=O) groups excluding carboxylic acids is 1. The minimum absolute atomic E-state index is 0.228. The minimum atomic E-state index is 0.228. The van der Waals surface area contributed by atoms with Crippen LogP contribution in [0.25, 0.3) is 0 Å². The fourth-order valence-electron chi connectivity index (χ4n) is 4.05. The summed E-state index contributed by atoms with van der Waals surface area (Å²) in [5.74, 6) is 0.362. The lowest BCUT2D eigenvalue weighted by Gasteiger charge is -2.46. The van der Waals surface area contributed by atoms with E-state index in [0.717, 1.165) is 11.8 Å². The highest BCUT2D eigenvalue weighted by atomic mass is 16.1. The molecule has 1 saturated heterocycles. The van der Waals surface area contributed by atoms with Crippen molar-refractivity contribution in [3.8, 4) is 0 Å². The van der Waals surface area contributed by atoms with Gasteiger partial charge in [-0.1, -0.05) is 0 Å². The Bertz CT molecular complexity index is 285. The summed E-state index contributed by atoms with van der Waals surface area (Å²) in [4.78, 5) is 13.7. The van der Waals surface area contributed by atoms with Crippen molar-refractivity contribution in [2.24, 2.45) is 10.8 Å². The molecule has 0 bridgehead atoms. The highest BCUT2D eigenvalue weighted by molar-refractivity contribution is 5.81. The molecule has 0 radical (unpaired) electrons. The van der Waals surface area contributed by atoms with Crippen molar-refractivity contribution in [1.82, 2.24) is 4.90 Å². The van der Waals surface area contributed by atoms with Crippen LogP contribution in [-0.2, 0) is 4.79 Å². The number of ketones is 1. The molecule has 0 aromatic carbocycles. The Balaban J connectivity index is 1.71. The molecule has 0 amide bonds. The van der Waals surface area contributed by atoms with Crippen molar-refractivity contribution in [2.75, 3.05) is 13.6 Å². The third-order valence-corrected chi connectivity index (χ3v) is 4.67. The zero-order chi connectivity index (χ0) is 9.97. The number of nitrogens with zero attached hydrogens (tertiary/aromatic N) is 1. The van der Waals surface area contributed by atoms with Gasteiger partial charge in [0.25, 0.3) is 0 Å². The second kappa shape index (κ2) is 2.41. The van der Waals surface area contributed by atoms with E-state index < -0.39 is 0 Å². The molecule has 1 atom stereocenters. The molecule has 0 aromatic heterocycles. The molecule has 1 aliphatic heterocycles. The van der Waals surface area contributed by atoms with Crippen molar-refractivity contribution in [2.45, 2.75) is 45.1 Å². The Hall–Kier alpha value is -0.370. The predicted octanol–water partition coefficient (Wildman–Crippen LogP) is 1.84. The molecule has 2 saturated carbocycles. The van der Waals surface area contributed by atoms with Gasteiger partial charge in [-0.3, -0.25) is 9.69 Å². The molecular formula is C12H19NO. The number of Topliss-reactive ketones (excluding diaryl/α,β-unsaturated/α-hetero) is 1. The van der Waals surface area contributed by atoms with E-state index in [1.54, 1.807) is 6.92 Å². The number of rotatable bonds is 1. The highest BCUT2D eigenvalue weighted by Crippen LogP contribution is 2.71. The molecule has 2 aliphatic carbocycles. The van der Waals surface area contributed by atoms with E-state index in [4.69, 9.17) is 0 Å². The normalized spacial score (nSPS) is 37.4. The van der Waals surface area contributed by atoms with Gasteiger partial charge in [-0.15, -0.1) is 0 Å². The van der Waals surface area contributed by atoms with Crippen LogP contribution in [0.2, 0.25) is 0 Å². The third kappa shape index (κ3) is 1.10. The fourth-order valence-corrected chi connectivity index (χ4v) is 4.05. The summed E-state index contributed by atoms with van der Waals surface area (Å²) in [5.41, 5.74) is 1.31. The van der Waals surface area contributed by atoms with Crippen molar-refractivity contribution < 1.29 is 4.79 Å². The zero-order valence-corrected chi connectivity index (χ0v) is 9.18. The van der Waals surface area contributed by atoms with E-state index in [0.29, 0.717) is 11.2 Å². The average molecular weight is 193 g/mol. The molecular weight excluding hydrogens is 174 g/mol. The number of likely N-dealkylation sites (N-methyl/N-ethyl adjacent to an activating group) is 1. The third-order valence-electron chi connectivity index (χ3n) is 4.67. The van der Waals surface area contributed by atoms with Gasteiger partial charge in [0.2, 0.25) is 0 Å². The summed E-state index contributed by atoms with van der Waals surface area (Å²) in [6.07, 6.45) is 6.88. The van der Waals surface area contributed by atoms with Gasteiger partial charge in [-0.25, -0.2) is 0 Å². The minimum Gasteiger partial charge on any atom is -0.298 e. The lowest BCUT2D eigenvalue weighted by molar-refractivity contribution is -0.120. The summed E-state index contributed by atoms with van der Waals surface area (Å²) < 4.78 is 0. The molecule has 2 nitrogen and oxygen atoms in total. The van der Waals surface area contributed by atoms with Crippen molar-refractivity contribution >= 4 is 5.78 Å².